The zero-order chi connectivity index (χ0) is 31.5. The predicted molar refractivity (Wildman–Crippen MR) is 154 cm³/mol. The van der Waals surface area contributed by atoms with Crippen molar-refractivity contribution in [3.63, 3.8) is 0 Å². The Kier molecular flexibility index (Phi) is 9.35. The molecule has 228 valence electrons. The molecule has 2 aromatic heterocycles. The molecule has 0 radical (unpaired) electrons. The van der Waals surface area contributed by atoms with Crippen molar-refractivity contribution >= 4 is 46.8 Å². The molecule has 9 nitrogen and oxygen atoms in total. The van der Waals surface area contributed by atoms with Crippen LogP contribution >= 0.6 is 23.5 Å². The van der Waals surface area contributed by atoms with Gasteiger partial charge in [0.1, 0.15) is 35.2 Å². The minimum atomic E-state index is -4.69. The van der Waals surface area contributed by atoms with Crippen LogP contribution in [0.1, 0.15) is 42.4 Å². The Morgan fingerprint density at radius 3 is 2.35 bits per heavy atom. The number of rotatable bonds is 10. The van der Waals surface area contributed by atoms with Gasteiger partial charge in [-0.3, -0.25) is 4.79 Å². The first-order valence-corrected chi connectivity index (χ1v) is 13.7. The van der Waals surface area contributed by atoms with Gasteiger partial charge in [0.25, 0.3) is 5.91 Å². The van der Waals surface area contributed by atoms with E-state index in [0.717, 1.165) is 11.8 Å². The van der Waals surface area contributed by atoms with Crippen molar-refractivity contribution in [2.24, 2.45) is 5.73 Å². The zero-order valence-electron chi connectivity index (χ0n) is 22.8. The van der Waals surface area contributed by atoms with Crippen LogP contribution in [-0.2, 0) is 18.3 Å². The molecular weight excluding hydrogens is 617 g/mol. The number of benzene rings is 2. The summed E-state index contributed by atoms with van der Waals surface area (Å²) in [6.45, 7) is 5.42. The molecule has 0 aliphatic heterocycles. The molecule has 0 saturated heterocycles. The second kappa shape index (κ2) is 12.6. The number of aromatic nitrogens is 4. The van der Waals surface area contributed by atoms with Crippen LogP contribution in [0.4, 0.5) is 39.3 Å². The molecule has 0 spiro atoms. The number of nitrogens with one attached hydrogen (secondary N) is 2. The third-order valence-corrected chi connectivity index (χ3v) is 6.54. The molecule has 0 aliphatic rings. The quantitative estimate of drug-likeness (QED) is 0.120. The summed E-state index contributed by atoms with van der Waals surface area (Å²) in [5.74, 6) is -3.47. The van der Waals surface area contributed by atoms with Gasteiger partial charge in [-0.25, -0.2) is 14.6 Å². The number of hydrogen-bond donors (Lipinski definition) is 3. The summed E-state index contributed by atoms with van der Waals surface area (Å²) in [5.41, 5.74) is 5.17. The molecular formula is C27H25ClF5N7O2S. The van der Waals surface area contributed by atoms with Gasteiger partial charge >= 0.3 is 11.9 Å². The average Bonchev–Trinajstić information content (AvgIpc) is 3.31. The Hall–Kier alpha value is -4.11. The number of hydrogen-bond acceptors (Lipinski definition) is 8. The van der Waals surface area contributed by atoms with E-state index in [9.17, 15) is 26.7 Å². The fraction of sp³-hybridized carbons (Fsp3) is 0.259. The minimum Gasteiger partial charge on any atom is -0.487 e. The second-order valence-electron chi connectivity index (χ2n) is 10.0. The van der Waals surface area contributed by atoms with Crippen molar-refractivity contribution in [3.8, 4) is 17.0 Å². The van der Waals surface area contributed by atoms with Gasteiger partial charge < -0.3 is 20.5 Å². The van der Waals surface area contributed by atoms with Gasteiger partial charge in [-0.1, -0.05) is 29.8 Å². The van der Waals surface area contributed by atoms with E-state index in [4.69, 9.17) is 22.1 Å². The average molecular weight is 642 g/mol. The second-order valence-corrected chi connectivity index (χ2v) is 11.3. The Balaban J connectivity index is 1.79. The van der Waals surface area contributed by atoms with Crippen molar-refractivity contribution in [2.75, 3.05) is 10.0 Å². The molecule has 2 aromatic carbocycles. The van der Waals surface area contributed by atoms with Gasteiger partial charge in [-0.05, 0) is 50.6 Å². The molecule has 16 heteroatoms. The summed E-state index contributed by atoms with van der Waals surface area (Å²) in [6.07, 6.45) is -3.26. The Labute approximate surface area is 252 Å². The lowest BCUT2D eigenvalue weighted by molar-refractivity contribution is -0.141. The number of halogens is 6. The van der Waals surface area contributed by atoms with Crippen LogP contribution in [-0.4, -0.2) is 31.4 Å². The SMILES string of the molecule is CC(C)(C)n1nc(-c2ccc(NSC(F)F)c(OCc3ccc(Cl)cc3)c2)c(C(N)=O)c1Nc1cnc(C(F)(F)F)cn1. The topological polar surface area (TPSA) is 120 Å². The highest BCUT2D eigenvalue weighted by Gasteiger charge is 2.33. The Bertz CT molecular complexity index is 1590. The smallest absolute Gasteiger partial charge is 0.434 e. The molecule has 4 N–H and O–H groups in total. The lowest BCUT2D eigenvalue weighted by atomic mass is 10.1. The Morgan fingerprint density at radius 2 is 1.79 bits per heavy atom. The maximum atomic E-state index is 13.0. The highest BCUT2D eigenvalue weighted by atomic mass is 35.5. The zero-order valence-corrected chi connectivity index (χ0v) is 24.4. The van der Waals surface area contributed by atoms with Gasteiger partial charge in [0.15, 0.2) is 5.69 Å². The molecule has 0 aliphatic carbocycles. The van der Waals surface area contributed by atoms with Crippen LogP contribution in [0.25, 0.3) is 11.3 Å². The van der Waals surface area contributed by atoms with Crippen LogP contribution in [0.15, 0.2) is 54.9 Å². The molecule has 2 heterocycles. The van der Waals surface area contributed by atoms with Crippen molar-refractivity contribution in [1.29, 1.82) is 0 Å². The maximum Gasteiger partial charge on any atom is 0.434 e. The third-order valence-electron chi connectivity index (χ3n) is 5.78. The normalized spacial score (nSPS) is 12.0. The largest absolute Gasteiger partial charge is 0.487 e. The van der Waals surface area contributed by atoms with E-state index >= 15 is 0 Å². The van der Waals surface area contributed by atoms with E-state index in [1.165, 1.54) is 22.9 Å². The predicted octanol–water partition coefficient (Wildman–Crippen LogP) is 7.47. The number of anilines is 3. The number of nitrogens with zero attached hydrogens (tertiary/aromatic N) is 4. The van der Waals surface area contributed by atoms with Crippen molar-refractivity contribution in [1.82, 2.24) is 19.7 Å². The third kappa shape index (κ3) is 7.84. The number of amides is 1. The van der Waals surface area contributed by atoms with Crippen LogP contribution in [0.3, 0.4) is 0 Å². The number of nitrogens with two attached hydrogens (primary N) is 1. The molecule has 4 aromatic rings. The van der Waals surface area contributed by atoms with E-state index in [1.54, 1.807) is 45.0 Å². The van der Waals surface area contributed by atoms with Crippen molar-refractivity contribution in [3.05, 3.63) is 76.7 Å². The molecule has 0 bridgehead atoms. The molecule has 1 amide bonds. The van der Waals surface area contributed by atoms with Crippen molar-refractivity contribution < 1.29 is 31.5 Å². The number of carbonyl (C=O) groups is 1. The van der Waals surface area contributed by atoms with Crippen LogP contribution < -0.4 is 20.5 Å². The number of alkyl halides is 5. The monoisotopic (exact) mass is 641 g/mol. The number of carbonyl (C=O) groups excluding carboxylic acids is 1. The molecule has 0 unspecified atom stereocenters. The summed E-state index contributed by atoms with van der Waals surface area (Å²) in [5, 5.41) is 7.96. The molecule has 4 rings (SSSR count). The number of primary amides is 1. The maximum absolute atomic E-state index is 13.0. The van der Waals surface area contributed by atoms with E-state index in [0.29, 0.717) is 16.8 Å². The van der Waals surface area contributed by atoms with E-state index in [2.05, 4.69) is 25.1 Å². The molecule has 0 fully saturated rings. The molecule has 43 heavy (non-hydrogen) atoms. The van der Waals surface area contributed by atoms with E-state index in [1.807, 2.05) is 0 Å². The fourth-order valence-electron chi connectivity index (χ4n) is 3.84. The first kappa shape index (κ1) is 31.8. The van der Waals surface area contributed by atoms with E-state index < -0.39 is 29.1 Å². The van der Waals surface area contributed by atoms with Gasteiger partial charge in [0.05, 0.1) is 23.6 Å². The van der Waals surface area contributed by atoms with E-state index in [-0.39, 0.29) is 52.9 Å². The van der Waals surface area contributed by atoms with Gasteiger partial charge in [0, 0.05) is 22.5 Å². The molecule has 0 saturated carbocycles. The number of ether oxygens (including phenoxy) is 1. The lowest BCUT2D eigenvalue weighted by Crippen LogP contribution is -2.25. The summed E-state index contributed by atoms with van der Waals surface area (Å²) in [4.78, 5) is 20.0. The van der Waals surface area contributed by atoms with Crippen LogP contribution in [0.2, 0.25) is 5.02 Å². The summed E-state index contributed by atoms with van der Waals surface area (Å²) in [6, 6.07) is 11.4. The minimum absolute atomic E-state index is 0.0585. The van der Waals surface area contributed by atoms with Crippen LogP contribution in [0.5, 0.6) is 5.75 Å². The van der Waals surface area contributed by atoms with Gasteiger partial charge in [-0.15, -0.1) is 0 Å². The lowest BCUT2D eigenvalue weighted by Gasteiger charge is -2.23. The first-order valence-electron chi connectivity index (χ1n) is 12.4. The van der Waals surface area contributed by atoms with Gasteiger partial charge in [0.2, 0.25) is 0 Å². The fourth-order valence-corrected chi connectivity index (χ4v) is 4.35. The van der Waals surface area contributed by atoms with Crippen molar-refractivity contribution in [2.45, 2.75) is 44.9 Å². The molecule has 0 atom stereocenters. The highest BCUT2D eigenvalue weighted by Crippen LogP contribution is 2.38. The Morgan fingerprint density at radius 1 is 1.09 bits per heavy atom. The standard InChI is InChI=1S/C27H25ClF5N7O2S/c1-26(2,3)40-24(37-20-12-35-19(11-36-20)27(31,32)33)21(23(34)41)22(38-40)15-6-9-17(39-43-25(29)30)18(10-15)42-13-14-4-7-16(28)8-5-14/h4-12,25,39H,13H2,1-3H3,(H2,34,41)(H,36,37). The summed E-state index contributed by atoms with van der Waals surface area (Å²) < 4.78 is 74.8. The first-order chi connectivity index (χ1) is 20.1. The summed E-state index contributed by atoms with van der Waals surface area (Å²) in [7, 11) is 0. The van der Waals surface area contributed by atoms with Gasteiger partial charge in [-0.2, -0.15) is 27.1 Å². The highest BCUT2D eigenvalue weighted by molar-refractivity contribution is 8.00. The van der Waals surface area contributed by atoms with Crippen LogP contribution in [0, 0.1) is 0 Å². The summed E-state index contributed by atoms with van der Waals surface area (Å²) >= 11 is 6.13.